The Morgan fingerprint density at radius 2 is 1.49 bits per heavy atom. The van der Waals surface area contributed by atoms with Gasteiger partial charge in [-0.1, -0.05) is 99.1 Å². The molecule has 0 aliphatic rings. The van der Waals surface area contributed by atoms with Crippen LogP contribution in [-0.4, -0.2) is 20.3 Å². The minimum absolute atomic E-state index is 0. The van der Waals surface area contributed by atoms with Gasteiger partial charge in [-0.15, -0.1) is 11.5 Å². The van der Waals surface area contributed by atoms with Crippen LogP contribution in [0.1, 0.15) is 53.4 Å². The number of nitrogens with zero attached hydrogens (tertiary/aromatic N) is 2. The van der Waals surface area contributed by atoms with Crippen LogP contribution in [0.15, 0.2) is 90.8 Å². The average molecular weight is 722 g/mol. The molecule has 6 aromatic rings. The number of allylic oxidation sites excluding steroid dienone is 2. The minimum Gasteiger partial charge on any atom is -0.512 e. The second-order valence-electron chi connectivity index (χ2n) is 10.4. The van der Waals surface area contributed by atoms with E-state index in [2.05, 4.69) is 76.1 Å². The average Bonchev–Trinajstić information content (AvgIpc) is 3.54. The molecule has 0 saturated heterocycles. The molecule has 0 aliphatic carbocycles. The molecule has 0 amide bonds. The number of aliphatic hydroxyl groups is 1. The summed E-state index contributed by atoms with van der Waals surface area (Å²) < 4.78 is 2.31. The monoisotopic (exact) mass is 722 g/mol. The van der Waals surface area contributed by atoms with Crippen molar-refractivity contribution in [3.63, 3.8) is 0 Å². The van der Waals surface area contributed by atoms with E-state index in [-0.39, 0.29) is 43.5 Å². The van der Waals surface area contributed by atoms with Crippen molar-refractivity contribution < 1.29 is 30.0 Å². The van der Waals surface area contributed by atoms with Crippen molar-refractivity contribution in [1.82, 2.24) is 9.38 Å². The number of aliphatic hydroxyl groups excluding tert-OH is 1. The van der Waals surface area contributed by atoms with Crippen molar-refractivity contribution in [2.75, 3.05) is 0 Å². The number of hydrogen-bond donors (Lipinski definition) is 1. The van der Waals surface area contributed by atoms with E-state index in [0.29, 0.717) is 0 Å². The number of ketones is 1. The van der Waals surface area contributed by atoms with Crippen LogP contribution >= 0.6 is 0 Å². The van der Waals surface area contributed by atoms with E-state index in [1.165, 1.54) is 44.0 Å². The van der Waals surface area contributed by atoms with Gasteiger partial charge < -0.3 is 14.5 Å². The Morgan fingerprint density at radius 3 is 2.15 bits per heavy atom. The van der Waals surface area contributed by atoms with Crippen LogP contribution in [-0.2, 0) is 24.9 Å². The molecule has 0 fully saturated rings. The van der Waals surface area contributed by atoms with Crippen molar-refractivity contribution >= 4 is 43.7 Å². The molecule has 6 rings (SSSR count). The van der Waals surface area contributed by atoms with Crippen LogP contribution in [0.5, 0.6) is 0 Å². The van der Waals surface area contributed by atoms with Gasteiger partial charge >= 0.3 is 0 Å². The first-order valence-corrected chi connectivity index (χ1v) is 14.5. The molecule has 213 valence electrons. The molecule has 4 nitrogen and oxygen atoms in total. The summed E-state index contributed by atoms with van der Waals surface area (Å²) in [6, 6.07) is 29.1. The van der Waals surface area contributed by atoms with Gasteiger partial charge in [0, 0.05) is 55.4 Å². The summed E-state index contributed by atoms with van der Waals surface area (Å²) in [6.45, 7) is 8.07. The van der Waals surface area contributed by atoms with Crippen molar-refractivity contribution in [2.24, 2.45) is 11.8 Å². The van der Waals surface area contributed by atoms with Gasteiger partial charge in [-0.2, -0.15) is 0 Å². The number of carbonyl (C=O) groups is 1. The molecule has 0 aliphatic heterocycles. The standard InChI is InChI=1S/C23H13N2.C13H24O2.Ir/c1-2-8-16-15(7-1)13-18-17-9-3-4-11-21(17)25-22(14-19(16)23(18)25)20-10-5-6-12-24-20;1-5-10(6-2)12(14)9-13(15)11(7-3)8-4;/h1-13H;9-11,14H,5-8H2,1-4H3;/q-1;;/b;12-9-;. The molecule has 1 N–H and O–H groups in total. The number of pyridine rings is 1. The number of fused-ring (bicyclic) bond motifs is 5. The van der Waals surface area contributed by atoms with Crippen LogP contribution in [0.25, 0.3) is 49.4 Å². The third-order valence-corrected chi connectivity index (χ3v) is 8.14. The van der Waals surface area contributed by atoms with E-state index in [0.717, 1.165) is 37.1 Å². The normalized spacial score (nSPS) is 11.9. The number of aromatic nitrogens is 2. The van der Waals surface area contributed by atoms with Crippen molar-refractivity contribution in [2.45, 2.75) is 53.4 Å². The van der Waals surface area contributed by atoms with Gasteiger partial charge in [0.05, 0.1) is 5.76 Å². The SMILES string of the molecule is CCC(CC)C(=O)/C=C(\O)C(CC)CC.[Ir].[c-]1c(-c2ccccn2)n2c3ccccc3c3cc4ccccc4c1c32. The molecule has 3 aromatic carbocycles. The first-order valence-electron chi connectivity index (χ1n) is 14.5. The zero-order valence-corrected chi connectivity index (χ0v) is 26.5. The molecule has 0 atom stereocenters. The van der Waals surface area contributed by atoms with Crippen molar-refractivity contribution in [1.29, 1.82) is 0 Å². The third kappa shape index (κ3) is 5.80. The smallest absolute Gasteiger partial charge is 0.162 e. The van der Waals surface area contributed by atoms with E-state index in [4.69, 9.17) is 0 Å². The molecule has 5 heteroatoms. The Balaban J connectivity index is 0.000000212. The van der Waals surface area contributed by atoms with E-state index in [9.17, 15) is 9.90 Å². The van der Waals surface area contributed by atoms with Crippen LogP contribution in [0.4, 0.5) is 0 Å². The van der Waals surface area contributed by atoms with Crippen molar-refractivity contribution in [3.05, 3.63) is 96.9 Å². The molecule has 3 heterocycles. The summed E-state index contributed by atoms with van der Waals surface area (Å²) in [6.07, 6.45) is 6.75. The molecule has 0 bridgehead atoms. The Morgan fingerprint density at radius 1 is 0.854 bits per heavy atom. The fourth-order valence-corrected chi connectivity index (χ4v) is 5.79. The van der Waals surface area contributed by atoms with Crippen molar-refractivity contribution in [3.8, 4) is 11.4 Å². The number of carbonyl (C=O) groups excluding carboxylic acids is 1. The Labute approximate surface area is 255 Å². The first-order chi connectivity index (χ1) is 19.5. The number of para-hydroxylation sites is 1. The molecular formula is C36H37IrN2O2-. The summed E-state index contributed by atoms with van der Waals surface area (Å²) in [5.41, 5.74) is 4.42. The van der Waals surface area contributed by atoms with Crippen LogP contribution in [0.3, 0.4) is 0 Å². The second-order valence-corrected chi connectivity index (χ2v) is 10.4. The maximum Gasteiger partial charge on any atom is 0.162 e. The van der Waals surface area contributed by atoms with E-state index >= 15 is 0 Å². The molecule has 0 spiro atoms. The quantitative estimate of drug-likeness (QED) is 0.0968. The molecular weight excluding hydrogens is 685 g/mol. The Hall–Kier alpha value is -3.53. The van der Waals surface area contributed by atoms with E-state index in [1.807, 2.05) is 46.0 Å². The van der Waals surface area contributed by atoms with Gasteiger partial charge in [-0.25, -0.2) is 0 Å². The largest absolute Gasteiger partial charge is 0.512 e. The maximum absolute atomic E-state index is 11.7. The third-order valence-electron chi connectivity index (χ3n) is 8.14. The van der Waals surface area contributed by atoms with E-state index in [1.54, 1.807) is 0 Å². The van der Waals surface area contributed by atoms with Gasteiger partial charge in [0.1, 0.15) is 0 Å². The van der Waals surface area contributed by atoms with E-state index < -0.39 is 0 Å². The minimum atomic E-state index is 0. The number of rotatable bonds is 8. The molecule has 0 unspecified atom stereocenters. The summed E-state index contributed by atoms with van der Waals surface area (Å²) >= 11 is 0. The van der Waals surface area contributed by atoms with Gasteiger partial charge in [0.15, 0.2) is 5.78 Å². The fraction of sp³-hybridized carbons (Fsp3) is 0.278. The summed E-state index contributed by atoms with van der Waals surface area (Å²) in [5, 5.41) is 16.0. The zero-order chi connectivity index (χ0) is 28.2. The number of benzene rings is 3. The summed E-state index contributed by atoms with van der Waals surface area (Å²) in [5.74, 6) is 0.547. The first kappa shape index (κ1) is 30.4. The van der Waals surface area contributed by atoms with Gasteiger partial charge in [-0.05, 0) is 59.8 Å². The predicted molar refractivity (Wildman–Crippen MR) is 167 cm³/mol. The van der Waals surface area contributed by atoms with Crippen LogP contribution in [0.2, 0.25) is 0 Å². The Kier molecular flexibility index (Phi) is 9.96. The van der Waals surface area contributed by atoms with Gasteiger partial charge in [0.2, 0.25) is 0 Å². The molecule has 0 saturated carbocycles. The topological polar surface area (TPSA) is 54.6 Å². The fourth-order valence-electron chi connectivity index (χ4n) is 5.79. The van der Waals surface area contributed by atoms with Gasteiger partial charge in [0.25, 0.3) is 0 Å². The van der Waals surface area contributed by atoms with Gasteiger partial charge in [-0.3, -0.25) is 4.79 Å². The Bertz CT molecular complexity index is 1780. The molecule has 41 heavy (non-hydrogen) atoms. The predicted octanol–water partition coefficient (Wildman–Crippen LogP) is 9.57. The maximum atomic E-state index is 11.7. The van der Waals surface area contributed by atoms with Crippen LogP contribution < -0.4 is 0 Å². The second kappa shape index (κ2) is 13.4. The summed E-state index contributed by atoms with van der Waals surface area (Å²) in [7, 11) is 0. The number of hydrogen-bond acceptors (Lipinski definition) is 3. The molecule has 3 aromatic heterocycles. The summed E-state index contributed by atoms with van der Waals surface area (Å²) in [4.78, 5) is 16.3. The van der Waals surface area contributed by atoms with Crippen LogP contribution in [0, 0.1) is 17.9 Å². The zero-order valence-electron chi connectivity index (χ0n) is 24.1. The molecule has 1 radical (unpaired) electrons.